The lowest BCUT2D eigenvalue weighted by Gasteiger charge is -2.17. The van der Waals surface area contributed by atoms with E-state index in [2.05, 4.69) is 4.98 Å². The zero-order valence-corrected chi connectivity index (χ0v) is 16.8. The van der Waals surface area contributed by atoms with E-state index in [1.54, 1.807) is 14.2 Å². The molecule has 27 heavy (non-hydrogen) atoms. The molecule has 0 fully saturated rings. The lowest BCUT2D eigenvalue weighted by atomic mass is 9.87. The molecule has 146 valence electrons. The predicted octanol–water partition coefficient (Wildman–Crippen LogP) is 4.08. The van der Waals surface area contributed by atoms with Crippen LogP contribution in [0.1, 0.15) is 32.4 Å². The highest BCUT2D eigenvalue weighted by molar-refractivity contribution is 7.13. The number of carbonyl (C=O) groups is 2. The summed E-state index contributed by atoms with van der Waals surface area (Å²) in [6.45, 7) is 3.80. The van der Waals surface area contributed by atoms with Crippen molar-refractivity contribution >= 4 is 23.1 Å². The van der Waals surface area contributed by atoms with Gasteiger partial charge in [0.05, 0.1) is 25.8 Å². The fraction of sp³-hybridized carbons (Fsp3) is 0.450. The number of aromatic nitrogens is 1. The van der Waals surface area contributed by atoms with Crippen molar-refractivity contribution in [2.24, 2.45) is 11.8 Å². The van der Waals surface area contributed by atoms with Gasteiger partial charge in [-0.05, 0) is 24.1 Å². The first-order valence-electron chi connectivity index (χ1n) is 8.80. The van der Waals surface area contributed by atoms with Crippen LogP contribution < -0.4 is 9.47 Å². The molecule has 0 aliphatic rings. The standard InChI is InChI=1S/C20H25NO5S/c1-5-12(2)16(20(23)24)10-15(22)9-14-11-27-19(21-14)13-6-7-17(25-3)18(8-13)26-4/h6-8,11-12,16H,5,9-10H2,1-4H3,(H,23,24)/t12-,16-/m0/s1. The number of thiazole rings is 1. The van der Waals surface area contributed by atoms with E-state index in [9.17, 15) is 14.7 Å². The van der Waals surface area contributed by atoms with E-state index in [0.717, 1.165) is 17.0 Å². The Labute approximate surface area is 163 Å². The van der Waals surface area contributed by atoms with E-state index in [4.69, 9.17) is 9.47 Å². The largest absolute Gasteiger partial charge is 0.493 e. The Morgan fingerprint density at radius 1 is 1.22 bits per heavy atom. The van der Waals surface area contributed by atoms with Gasteiger partial charge in [0, 0.05) is 23.8 Å². The number of carboxylic acid groups (broad SMARTS) is 1. The van der Waals surface area contributed by atoms with Gasteiger partial charge in [-0.2, -0.15) is 0 Å². The van der Waals surface area contributed by atoms with Crippen molar-refractivity contribution in [1.29, 1.82) is 0 Å². The molecule has 0 spiro atoms. The van der Waals surface area contributed by atoms with Crippen molar-refractivity contribution in [3.8, 4) is 22.1 Å². The maximum atomic E-state index is 12.3. The van der Waals surface area contributed by atoms with Crippen molar-refractivity contribution in [3.05, 3.63) is 29.3 Å². The molecule has 0 saturated carbocycles. The Morgan fingerprint density at radius 2 is 1.93 bits per heavy atom. The van der Waals surface area contributed by atoms with Gasteiger partial charge in [-0.15, -0.1) is 11.3 Å². The molecule has 0 aliphatic carbocycles. The number of hydrogen-bond acceptors (Lipinski definition) is 6. The monoisotopic (exact) mass is 391 g/mol. The van der Waals surface area contributed by atoms with Crippen molar-refractivity contribution in [2.45, 2.75) is 33.1 Å². The Kier molecular flexibility index (Phi) is 7.36. The number of hydrogen-bond donors (Lipinski definition) is 1. The maximum Gasteiger partial charge on any atom is 0.307 e. The van der Waals surface area contributed by atoms with E-state index in [1.165, 1.54) is 11.3 Å². The van der Waals surface area contributed by atoms with Crippen molar-refractivity contribution in [3.63, 3.8) is 0 Å². The molecule has 2 rings (SSSR count). The molecular weight excluding hydrogens is 366 g/mol. The van der Waals surface area contributed by atoms with Crippen molar-refractivity contribution < 1.29 is 24.2 Å². The van der Waals surface area contributed by atoms with Gasteiger partial charge in [-0.3, -0.25) is 9.59 Å². The number of carboxylic acids is 1. The molecule has 2 aromatic rings. The molecular formula is C20H25NO5S. The number of Topliss-reactive ketones (excluding diaryl/α,β-unsaturated/α-hetero) is 1. The summed E-state index contributed by atoms with van der Waals surface area (Å²) in [5.41, 5.74) is 1.53. The first-order valence-corrected chi connectivity index (χ1v) is 9.68. The van der Waals surface area contributed by atoms with Gasteiger partial charge in [-0.25, -0.2) is 4.98 Å². The molecule has 6 nitrogen and oxygen atoms in total. The number of benzene rings is 1. The highest BCUT2D eigenvalue weighted by atomic mass is 32.1. The quantitative estimate of drug-likeness (QED) is 0.657. The number of aliphatic carboxylic acids is 1. The van der Waals surface area contributed by atoms with Crippen molar-refractivity contribution in [1.82, 2.24) is 4.98 Å². The topological polar surface area (TPSA) is 85.7 Å². The molecule has 0 radical (unpaired) electrons. The third-order valence-corrected chi connectivity index (χ3v) is 5.60. The second-order valence-corrected chi connectivity index (χ2v) is 7.32. The van der Waals surface area contributed by atoms with Crippen LogP contribution in [0.25, 0.3) is 10.6 Å². The average molecular weight is 391 g/mol. The second-order valence-electron chi connectivity index (χ2n) is 6.46. The second kappa shape index (κ2) is 9.50. The summed E-state index contributed by atoms with van der Waals surface area (Å²) < 4.78 is 10.5. The van der Waals surface area contributed by atoms with E-state index in [-0.39, 0.29) is 24.5 Å². The first-order chi connectivity index (χ1) is 12.9. The number of ketones is 1. The lowest BCUT2D eigenvalue weighted by molar-refractivity contribution is -0.145. The van der Waals surface area contributed by atoms with Crippen LogP contribution in [-0.2, 0) is 16.0 Å². The van der Waals surface area contributed by atoms with E-state index in [1.807, 2.05) is 37.4 Å². The Bertz CT molecular complexity index is 801. The average Bonchev–Trinajstić information content (AvgIpc) is 3.12. The van der Waals surface area contributed by atoms with Crippen LogP contribution in [0.3, 0.4) is 0 Å². The van der Waals surface area contributed by atoms with Gasteiger partial charge in [0.25, 0.3) is 0 Å². The minimum absolute atomic E-state index is 0.0353. The van der Waals surface area contributed by atoms with Crippen LogP contribution >= 0.6 is 11.3 Å². The van der Waals surface area contributed by atoms with Gasteiger partial charge in [0.2, 0.25) is 0 Å². The Hall–Kier alpha value is -2.41. The van der Waals surface area contributed by atoms with Gasteiger partial charge >= 0.3 is 5.97 Å². The summed E-state index contributed by atoms with van der Waals surface area (Å²) in [6, 6.07) is 5.53. The number of rotatable bonds is 10. The minimum Gasteiger partial charge on any atom is -0.493 e. The highest BCUT2D eigenvalue weighted by Gasteiger charge is 2.26. The molecule has 0 unspecified atom stereocenters. The Balaban J connectivity index is 2.09. The van der Waals surface area contributed by atoms with Gasteiger partial charge in [-0.1, -0.05) is 20.3 Å². The van der Waals surface area contributed by atoms with Crippen LogP contribution in [0, 0.1) is 11.8 Å². The molecule has 0 saturated heterocycles. The van der Waals surface area contributed by atoms with E-state index in [0.29, 0.717) is 17.2 Å². The fourth-order valence-corrected chi connectivity index (χ4v) is 3.64. The number of methoxy groups -OCH3 is 2. The minimum atomic E-state index is -0.915. The van der Waals surface area contributed by atoms with Gasteiger partial charge in [0.1, 0.15) is 10.8 Å². The highest BCUT2D eigenvalue weighted by Crippen LogP contribution is 2.33. The number of ether oxygens (including phenoxy) is 2. The van der Waals surface area contributed by atoms with Crippen LogP contribution in [0.4, 0.5) is 0 Å². The van der Waals surface area contributed by atoms with Crippen LogP contribution in [0.5, 0.6) is 11.5 Å². The summed E-state index contributed by atoms with van der Waals surface area (Å²) in [6.07, 6.45) is 0.905. The molecule has 0 bridgehead atoms. The molecule has 1 aromatic carbocycles. The third-order valence-electron chi connectivity index (χ3n) is 4.66. The third kappa shape index (κ3) is 5.29. The molecule has 0 amide bonds. The lowest BCUT2D eigenvalue weighted by Crippen LogP contribution is -2.25. The molecule has 0 aliphatic heterocycles. The summed E-state index contributed by atoms with van der Waals surface area (Å²) in [4.78, 5) is 28.3. The van der Waals surface area contributed by atoms with Crippen LogP contribution in [0.15, 0.2) is 23.6 Å². The van der Waals surface area contributed by atoms with Crippen molar-refractivity contribution in [2.75, 3.05) is 14.2 Å². The van der Waals surface area contributed by atoms with E-state index >= 15 is 0 Å². The summed E-state index contributed by atoms with van der Waals surface area (Å²) in [5.74, 6) is -0.455. The van der Waals surface area contributed by atoms with Crippen LogP contribution in [0.2, 0.25) is 0 Å². The zero-order valence-electron chi connectivity index (χ0n) is 16.0. The fourth-order valence-electron chi connectivity index (χ4n) is 2.83. The normalized spacial score (nSPS) is 13.0. The molecule has 2 atom stereocenters. The smallest absolute Gasteiger partial charge is 0.307 e. The first kappa shape index (κ1) is 20.9. The summed E-state index contributed by atoms with van der Waals surface area (Å²) >= 11 is 1.44. The maximum absolute atomic E-state index is 12.3. The zero-order chi connectivity index (χ0) is 20.0. The number of carbonyl (C=O) groups excluding carboxylic acids is 1. The number of nitrogens with zero attached hydrogens (tertiary/aromatic N) is 1. The summed E-state index contributed by atoms with van der Waals surface area (Å²) in [7, 11) is 3.15. The summed E-state index contributed by atoms with van der Waals surface area (Å²) in [5, 5.41) is 12.0. The molecule has 1 aromatic heterocycles. The van der Waals surface area contributed by atoms with Gasteiger partial charge in [0.15, 0.2) is 11.5 Å². The molecule has 1 heterocycles. The predicted molar refractivity (Wildman–Crippen MR) is 105 cm³/mol. The molecule has 1 N–H and O–H groups in total. The van der Waals surface area contributed by atoms with Gasteiger partial charge < -0.3 is 14.6 Å². The van der Waals surface area contributed by atoms with Crippen LogP contribution in [-0.4, -0.2) is 36.1 Å². The SMILES string of the molecule is CC[C@H](C)[C@H](CC(=O)Cc1csc(-c2ccc(OC)c(OC)c2)n1)C(=O)O. The van der Waals surface area contributed by atoms with E-state index < -0.39 is 11.9 Å². The molecule has 7 heteroatoms. The Morgan fingerprint density at radius 3 is 2.52 bits per heavy atom.